The molecule has 0 aliphatic carbocycles. The Morgan fingerprint density at radius 3 is 2.67 bits per heavy atom. The van der Waals surface area contributed by atoms with Crippen LogP contribution in [0.3, 0.4) is 0 Å². The van der Waals surface area contributed by atoms with Crippen LogP contribution in [0, 0.1) is 11.8 Å². The fourth-order valence-electron chi connectivity index (χ4n) is 2.61. The lowest BCUT2D eigenvalue weighted by Gasteiger charge is -2.30. The Morgan fingerprint density at radius 2 is 2.08 bits per heavy atom. The molecule has 0 bridgehead atoms. The van der Waals surface area contributed by atoms with E-state index in [4.69, 9.17) is 19.9 Å². The first kappa shape index (κ1) is 23.1. The van der Waals surface area contributed by atoms with E-state index in [1.807, 2.05) is 6.92 Å². The van der Waals surface area contributed by atoms with Crippen molar-refractivity contribution in [3.8, 4) is 0 Å². The molecule has 0 saturated carbocycles. The van der Waals surface area contributed by atoms with Crippen LogP contribution in [-0.4, -0.2) is 43.4 Å². The number of esters is 2. The highest BCUT2D eigenvalue weighted by molar-refractivity contribution is 5.85. The van der Waals surface area contributed by atoms with Crippen molar-refractivity contribution < 1.29 is 23.8 Å². The van der Waals surface area contributed by atoms with Crippen molar-refractivity contribution in [1.29, 1.82) is 0 Å². The molecular weight excluding hydrogens is 334 g/mol. The standard InChI is InChI=1S/C17H31NO5.ClH/c1-5-6-7-13-12(4)23-17(20)14(18)8-9-21-15(13)10-22-16(19)11(2)3;/h11-15H,5-10,18H2,1-4H3;1H/t12-,13-,14-,15+;/m0./s1. The summed E-state index contributed by atoms with van der Waals surface area (Å²) in [5.41, 5.74) is 5.79. The lowest BCUT2D eigenvalue weighted by Crippen LogP contribution is -2.39. The molecule has 0 aromatic rings. The summed E-state index contributed by atoms with van der Waals surface area (Å²) in [5, 5.41) is 0. The van der Waals surface area contributed by atoms with E-state index in [1.165, 1.54) is 0 Å². The van der Waals surface area contributed by atoms with Crippen molar-refractivity contribution in [1.82, 2.24) is 0 Å². The summed E-state index contributed by atoms with van der Waals surface area (Å²) >= 11 is 0. The molecule has 0 amide bonds. The molecule has 142 valence electrons. The Bertz CT molecular complexity index is 391. The van der Waals surface area contributed by atoms with E-state index < -0.39 is 6.04 Å². The second-order valence-electron chi connectivity index (χ2n) is 6.54. The van der Waals surface area contributed by atoms with Gasteiger partial charge in [0.25, 0.3) is 0 Å². The largest absolute Gasteiger partial charge is 0.463 e. The summed E-state index contributed by atoms with van der Waals surface area (Å²) in [4.78, 5) is 23.7. The van der Waals surface area contributed by atoms with Crippen molar-refractivity contribution in [2.45, 2.75) is 71.6 Å². The molecule has 1 heterocycles. The third kappa shape index (κ3) is 7.36. The monoisotopic (exact) mass is 365 g/mol. The molecule has 1 fully saturated rings. The van der Waals surface area contributed by atoms with E-state index in [0.717, 1.165) is 19.3 Å². The van der Waals surface area contributed by atoms with E-state index in [9.17, 15) is 9.59 Å². The quantitative estimate of drug-likeness (QED) is 0.727. The minimum absolute atomic E-state index is 0. The number of carbonyl (C=O) groups excluding carboxylic acids is 2. The van der Waals surface area contributed by atoms with Crippen molar-refractivity contribution in [3.05, 3.63) is 0 Å². The van der Waals surface area contributed by atoms with Crippen LogP contribution in [0.25, 0.3) is 0 Å². The molecule has 1 aliphatic heterocycles. The fourth-order valence-corrected chi connectivity index (χ4v) is 2.61. The Balaban J connectivity index is 0.00000529. The third-order valence-electron chi connectivity index (χ3n) is 4.20. The molecule has 0 spiro atoms. The predicted octanol–water partition coefficient (Wildman–Crippen LogP) is 2.46. The molecule has 7 heteroatoms. The van der Waals surface area contributed by atoms with Crippen molar-refractivity contribution in [3.63, 3.8) is 0 Å². The number of cyclic esters (lactones) is 1. The van der Waals surface area contributed by atoms with Crippen LogP contribution >= 0.6 is 12.4 Å². The van der Waals surface area contributed by atoms with Crippen LogP contribution in [0.15, 0.2) is 0 Å². The smallest absolute Gasteiger partial charge is 0.323 e. The third-order valence-corrected chi connectivity index (χ3v) is 4.20. The van der Waals surface area contributed by atoms with Gasteiger partial charge in [0, 0.05) is 12.5 Å². The molecule has 0 aromatic heterocycles. The zero-order valence-electron chi connectivity index (χ0n) is 15.2. The minimum atomic E-state index is -0.666. The minimum Gasteiger partial charge on any atom is -0.463 e. The van der Waals surface area contributed by atoms with Crippen LogP contribution in [0.5, 0.6) is 0 Å². The molecule has 4 atom stereocenters. The van der Waals surface area contributed by atoms with Gasteiger partial charge in [-0.3, -0.25) is 9.59 Å². The number of carbonyl (C=O) groups is 2. The van der Waals surface area contributed by atoms with Gasteiger partial charge >= 0.3 is 11.9 Å². The number of halogens is 1. The number of rotatable bonds is 6. The highest BCUT2D eigenvalue weighted by atomic mass is 35.5. The molecular formula is C17H32ClNO5. The number of unbranched alkanes of at least 4 members (excludes halogenated alkanes) is 1. The maximum atomic E-state index is 11.9. The Kier molecular flexibility index (Phi) is 11.2. The number of hydrogen-bond acceptors (Lipinski definition) is 6. The highest BCUT2D eigenvalue weighted by Crippen LogP contribution is 2.25. The molecule has 6 nitrogen and oxygen atoms in total. The average molecular weight is 366 g/mol. The van der Waals surface area contributed by atoms with Crippen molar-refractivity contribution in [2.75, 3.05) is 13.2 Å². The van der Waals surface area contributed by atoms with E-state index >= 15 is 0 Å². The first-order valence-electron chi connectivity index (χ1n) is 8.61. The lowest BCUT2D eigenvalue weighted by atomic mass is 9.91. The predicted molar refractivity (Wildman–Crippen MR) is 93.9 cm³/mol. The van der Waals surface area contributed by atoms with Crippen LogP contribution in [-0.2, 0) is 23.8 Å². The Hall–Kier alpha value is -0.850. The fraction of sp³-hybridized carbons (Fsp3) is 0.882. The molecule has 1 aliphatic rings. The second-order valence-corrected chi connectivity index (χ2v) is 6.54. The van der Waals surface area contributed by atoms with Gasteiger partial charge in [-0.25, -0.2) is 0 Å². The van der Waals surface area contributed by atoms with Crippen molar-refractivity contribution >= 4 is 24.3 Å². The SMILES string of the molecule is CCCC[C@H]1[C@H](C)OC(=O)[C@@H](N)CCO[C@@H]1COC(=O)C(C)C.Cl. The van der Waals surface area contributed by atoms with Gasteiger partial charge in [0.05, 0.1) is 12.0 Å². The van der Waals surface area contributed by atoms with E-state index in [2.05, 4.69) is 6.92 Å². The molecule has 0 unspecified atom stereocenters. The Morgan fingerprint density at radius 1 is 1.42 bits per heavy atom. The average Bonchev–Trinajstić information content (AvgIpc) is 2.54. The molecule has 24 heavy (non-hydrogen) atoms. The highest BCUT2D eigenvalue weighted by Gasteiger charge is 2.33. The molecule has 0 radical (unpaired) electrons. The number of ether oxygens (including phenoxy) is 3. The molecule has 0 aromatic carbocycles. The first-order chi connectivity index (χ1) is 10.9. The summed E-state index contributed by atoms with van der Waals surface area (Å²) in [7, 11) is 0. The van der Waals surface area contributed by atoms with E-state index in [1.54, 1.807) is 13.8 Å². The van der Waals surface area contributed by atoms with Gasteiger partial charge in [-0.15, -0.1) is 12.4 Å². The summed E-state index contributed by atoms with van der Waals surface area (Å²) in [6, 6.07) is -0.666. The normalized spacial score (nSPS) is 28.2. The van der Waals surface area contributed by atoms with Gasteiger partial charge in [0.15, 0.2) is 0 Å². The molecule has 1 saturated heterocycles. The van der Waals surface area contributed by atoms with Gasteiger partial charge in [0.2, 0.25) is 0 Å². The summed E-state index contributed by atoms with van der Waals surface area (Å²) in [6.07, 6.45) is 2.69. The van der Waals surface area contributed by atoms with E-state index in [-0.39, 0.29) is 55.0 Å². The molecule has 2 N–H and O–H groups in total. The zero-order valence-corrected chi connectivity index (χ0v) is 16.0. The van der Waals surface area contributed by atoms with Gasteiger partial charge in [-0.05, 0) is 19.8 Å². The topological polar surface area (TPSA) is 87.8 Å². The zero-order chi connectivity index (χ0) is 17.4. The van der Waals surface area contributed by atoms with Gasteiger partial charge < -0.3 is 19.9 Å². The summed E-state index contributed by atoms with van der Waals surface area (Å²) in [6.45, 7) is 8.10. The van der Waals surface area contributed by atoms with Crippen LogP contribution in [0.2, 0.25) is 0 Å². The second kappa shape index (κ2) is 11.7. The van der Waals surface area contributed by atoms with Crippen LogP contribution in [0.4, 0.5) is 0 Å². The van der Waals surface area contributed by atoms with Gasteiger partial charge in [0.1, 0.15) is 18.8 Å². The maximum absolute atomic E-state index is 11.9. The number of nitrogens with two attached hydrogens (primary N) is 1. The van der Waals surface area contributed by atoms with Crippen molar-refractivity contribution in [2.24, 2.45) is 17.6 Å². The van der Waals surface area contributed by atoms with E-state index in [0.29, 0.717) is 13.0 Å². The van der Waals surface area contributed by atoms with Crippen LogP contribution in [0.1, 0.15) is 53.4 Å². The van der Waals surface area contributed by atoms with Crippen LogP contribution < -0.4 is 5.73 Å². The Labute approximate surface area is 151 Å². The van der Waals surface area contributed by atoms with Gasteiger partial charge in [-0.1, -0.05) is 33.6 Å². The molecule has 1 rings (SSSR count). The first-order valence-corrected chi connectivity index (χ1v) is 8.61. The summed E-state index contributed by atoms with van der Waals surface area (Å²) in [5.74, 6) is -0.820. The number of hydrogen-bond donors (Lipinski definition) is 1. The summed E-state index contributed by atoms with van der Waals surface area (Å²) < 4.78 is 16.8. The van der Waals surface area contributed by atoms with Gasteiger partial charge in [-0.2, -0.15) is 0 Å². The maximum Gasteiger partial charge on any atom is 0.323 e. The lowest BCUT2D eigenvalue weighted by molar-refractivity contribution is -0.160.